The second kappa shape index (κ2) is 5.98. The average Bonchev–Trinajstić information content (AvgIpc) is 2.81. The van der Waals surface area contributed by atoms with E-state index in [1.54, 1.807) is 0 Å². The molecular formula is C19H17N3O. The molecule has 0 spiro atoms. The zero-order valence-electron chi connectivity index (χ0n) is 13.1. The monoisotopic (exact) mass is 303 g/mol. The molecule has 0 aliphatic heterocycles. The van der Waals surface area contributed by atoms with Crippen LogP contribution in [0.15, 0.2) is 48.5 Å². The second-order valence-corrected chi connectivity index (χ2v) is 5.59. The lowest BCUT2D eigenvalue weighted by atomic mass is 10.1. The first-order chi connectivity index (χ1) is 11.1. The molecule has 0 saturated carbocycles. The van der Waals surface area contributed by atoms with E-state index in [9.17, 15) is 10.1 Å². The highest BCUT2D eigenvalue weighted by Gasteiger charge is 2.15. The number of anilines is 1. The van der Waals surface area contributed by atoms with Crippen LogP contribution in [-0.4, -0.2) is 10.5 Å². The number of aromatic nitrogens is 1. The average molecular weight is 303 g/mol. The first-order valence-corrected chi connectivity index (χ1v) is 7.44. The number of nitriles is 1. The fraction of sp³-hybridized carbons (Fsp3) is 0.158. The summed E-state index contributed by atoms with van der Waals surface area (Å²) in [4.78, 5) is 12.3. The van der Waals surface area contributed by atoms with Gasteiger partial charge in [-0.2, -0.15) is 5.26 Å². The SMILES string of the molecule is Cc1ccc(NC(=O)Cn2c(C)c(C#N)c3ccccc32)cc1. The number of benzene rings is 2. The number of hydrogen-bond acceptors (Lipinski definition) is 2. The molecule has 1 aromatic heterocycles. The minimum Gasteiger partial charge on any atom is -0.334 e. The van der Waals surface area contributed by atoms with Crippen molar-refractivity contribution < 1.29 is 4.79 Å². The number of fused-ring (bicyclic) bond motifs is 1. The van der Waals surface area contributed by atoms with Crippen molar-refractivity contribution in [2.75, 3.05) is 5.32 Å². The largest absolute Gasteiger partial charge is 0.334 e. The van der Waals surface area contributed by atoms with Gasteiger partial charge >= 0.3 is 0 Å². The molecule has 4 nitrogen and oxygen atoms in total. The van der Waals surface area contributed by atoms with E-state index >= 15 is 0 Å². The predicted molar refractivity (Wildman–Crippen MR) is 91.2 cm³/mol. The van der Waals surface area contributed by atoms with E-state index in [0.29, 0.717) is 5.56 Å². The van der Waals surface area contributed by atoms with Gasteiger partial charge < -0.3 is 9.88 Å². The summed E-state index contributed by atoms with van der Waals surface area (Å²) in [6.07, 6.45) is 0. The number of hydrogen-bond donors (Lipinski definition) is 1. The van der Waals surface area contributed by atoms with Gasteiger partial charge in [-0.25, -0.2) is 0 Å². The highest BCUT2D eigenvalue weighted by Crippen LogP contribution is 2.25. The van der Waals surface area contributed by atoms with Gasteiger partial charge in [0, 0.05) is 16.8 Å². The molecule has 0 fully saturated rings. The molecular weight excluding hydrogens is 286 g/mol. The Bertz CT molecular complexity index is 914. The zero-order chi connectivity index (χ0) is 16.4. The summed E-state index contributed by atoms with van der Waals surface area (Å²) in [5.74, 6) is -0.109. The third-order valence-electron chi connectivity index (χ3n) is 3.98. The van der Waals surface area contributed by atoms with Crippen molar-refractivity contribution in [3.05, 3.63) is 65.4 Å². The Kier molecular flexibility index (Phi) is 3.86. The highest BCUT2D eigenvalue weighted by atomic mass is 16.1. The molecule has 1 amide bonds. The number of aryl methyl sites for hydroxylation is 1. The number of nitrogens with zero attached hydrogens (tertiary/aromatic N) is 2. The minimum atomic E-state index is -0.109. The first-order valence-electron chi connectivity index (χ1n) is 7.44. The van der Waals surface area contributed by atoms with Crippen LogP contribution in [0, 0.1) is 25.2 Å². The van der Waals surface area contributed by atoms with Crippen LogP contribution < -0.4 is 5.32 Å². The molecule has 1 heterocycles. The summed E-state index contributed by atoms with van der Waals surface area (Å²) in [7, 11) is 0. The van der Waals surface area contributed by atoms with Gasteiger partial charge in [-0.05, 0) is 32.0 Å². The molecule has 0 bridgehead atoms. The summed E-state index contributed by atoms with van der Waals surface area (Å²) in [6, 6.07) is 17.6. The highest BCUT2D eigenvalue weighted by molar-refractivity contribution is 5.93. The third-order valence-corrected chi connectivity index (χ3v) is 3.98. The smallest absolute Gasteiger partial charge is 0.244 e. The van der Waals surface area contributed by atoms with E-state index in [2.05, 4.69) is 11.4 Å². The maximum atomic E-state index is 12.3. The summed E-state index contributed by atoms with van der Waals surface area (Å²) >= 11 is 0. The van der Waals surface area contributed by atoms with E-state index in [0.717, 1.165) is 27.8 Å². The number of carbonyl (C=O) groups excluding carboxylic acids is 1. The predicted octanol–water partition coefficient (Wildman–Crippen LogP) is 3.77. The topological polar surface area (TPSA) is 57.8 Å². The van der Waals surface area contributed by atoms with Gasteiger partial charge in [0.25, 0.3) is 0 Å². The number of carbonyl (C=O) groups is 1. The van der Waals surface area contributed by atoms with Gasteiger partial charge in [-0.3, -0.25) is 4.79 Å². The van der Waals surface area contributed by atoms with Gasteiger partial charge in [-0.1, -0.05) is 35.9 Å². The Morgan fingerprint density at radius 3 is 2.52 bits per heavy atom. The van der Waals surface area contributed by atoms with Crippen LogP contribution in [0.4, 0.5) is 5.69 Å². The van der Waals surface area contributed by atoms with Crippen molar-refractivity contribution in [1.82, 2.24) is 4.57 Å². The van der Waals surface area contributed by atoms with Crippen LogP contribution in [0.1, 0.15) is 16.8 Å². The van der Waals surface area contributed by atoms with E-state index in [1.165, 1.54) is 0 Å². The van der Waals surface area contributed by atoms with Crippen LogP contribution in [0.25, 0.3) is 10.9 Å². The van der Waals surface area contributed by atoms with Gasteiger partial charge in [0.2, 0.25) is 5.91 Å². The lowest BCUT2D eigenvalue weighted by molar-refractivity contribution is -0.116. The number of amides is 1. The molecule has 0 aliphatic rings. The van der Waals surface area contributed by atoms with Gasteiger partial charge in [0.05, 0.1) is 11.1 Å². The second-order valence-electron chi connectivity index (χ2n) is 5.59. The third kappa shape index (κ3) is 2.82. The van der Waals surface area contributed by atoms with Crippen LogP contribution in [0.5, 0.6) is 0 Å². The summed E-state index contributed by atoms with van der Waals surface area (Å²) in [6.45, 7) is 4.06. The molecule has 4 heteroatoms. The van der Waals surface area contributed by atoms with E-state index in [4.69, 9.17) is 0 Å². The molecule has 1 N–H and O–H groups in total. The Morgan fingerprint density at radius 2 is 1.83 bits per heavy atom. The van der Waals surface area contributed by atoms with Crippen molar-refractivity contribution in [3.63, 3.8) is 0 Å². The van der Waals surface area contributed by atoms with Gasteiger partial charge in [-0.15, -0.1) is 0 Å². The van der Waals surface area contributed by atoms with E-state index in [1.807, 2.05) is 66.9 Å². The van der Waals surface area contributed by atoms with Crippen LogP contribution in [0.3, 0.4) is 0 Å². The van der Waals surface area contributed by atoms with E-state index in [-0.39, 0.29) is 12.5 Å². The Balaban J connectivity index is 1.89. The first kappa shape index (κ1) is 14.9. The van der Waals surface area contributed by atoms with E-state index < -0.39 is 0 Å². The Hall–Kier alpha value is -3.06. The Morgan fingerprint density at radius 1 is 1.13 bits per heavy atom. The molecule has 0 radical (unpaired) electrons. The lowest BCUT2D eigenvalue weighted by Gasteiger charge is -2.09. The maximum Gasteiger partial charge on any atom is 0.244 e. The van der Waals surface area contributed by atoms with Crippen molar-refractivity contribution >= 4 is 22.5 Å². The summed E-state index contributed by atoms with van der Waals surface area (Å²) in [5.41, 5.74) is 4.27. The zero-order valence-corrected chi connectivity index (χ0v) is 13.1. The quantitative estimate of drug-likeness (QED) is 0.800. The normalized spacial score (nSPS) is 10.5. The number of rotatable bonds is 3. The van der Waals surface area contributed by atoms with Crippen LogP contribution in [0.2, 0.25) is 0 Å². The molecule has 2 aromatic carbocycles. The van der Waals surface area contributed by atoms with Gasteiger partial charge in [0.15, 0.2) is 0 Å². The molecule has 0 saturated heterocycles. The molecule has 114 valence electrons. The molecule has 0 aliphatic carbocycles. The fourth-order valence-electron chi connectivity index (χ4n) is 2.76. The molecule has 3 rings (SSSR count). The standard InChI is InChI=1S/C19H17N3O/c1-13-7-9-15(10-8-13)21-19(23)12-22-14(2)17(11-20)16-5-3-4-6-18(16)22/h3-10H,12H2,1-2H3,(H,21,23). The van der Waals surface area contributed by atoms with Crippen LogP contribution in [-0.2, 0) is 11.3 Å². The van der Waals surface area contributed by atoms with Crippen LogP contribution >= 0.6 is 0 Å². The summed E-state index contributed by atoms with van der Waals surface area (Å²) < 4.78 is 1.89. The van der Waals surface area contributed by atoms with Crippen molar-refractivity contribution in [2.24, 2.45) is 0 Å². The van der Waals surface area contributed by atoms with Crippen molar-refractivity contribution in [3.8, 4) is 6.07 Å². The Labute approximate surface area is 135 Å². The van der Waals surface area contributed by atoms with Gasteiger partial charge in [0.1, 0.15) is 12.6 Å². The molecule has 0 unspecified atom stereocenters. The maximum absolute atomic E-state index is 12.3. The lowest BCUT2D eigenvalue weighted by Crippen LogP contribution is -2.19. The molecule has 3 aromatic rings. The van der Waals surface area contributed by atoms with Crippen molar-refractivity contribution in [2.45, 2.75) is 20.4 Å². The number of para-hydroxylation sites is 1. The van der Waals surface area contributed by atoms with Crippen molar-refractivity contribution in [1.29, 1.82) is 5.26 Å². The molecule has 23 heavy (non-hydrogen) atoms. The summed E-state index contributed by atoms with van der Waals surface area (Å²) in [5, 5.41) is 13.1. The fourth-order valence-corrected chi connectivity index (χ4v) is 2.76. The number of nitrogens with one attached hydrogen (secondary N) is 1. The molecule has 0 atom stereocenters. The minimum absolute atomic E-state index is 0.109.